The average molecular weight is 274 g/mol. The van der Waals surface area contributed by atoms with Gasteiger partial charge in [0.05, 0.1) is 18.4 Å². The van der Waals surface area contributed by atoms with E-state index < -0.39 is 11.9 Å². The molecule has 0 aliphatic rings. The van der Waals surface area contributed by atoms with Crippen LogP contribution in [0.15, 0.2) is 28.7 Å². The fourth-order valence-electron chi connectivity index (χ4n) is 1.77. The molecule has 6 heteroatoms. The van der Waals surface area contributed by atoms with Crippen LogP contribution in [0.5, 0.6) is 0 Å². The first-order valence-corrected chi connectivity index (χ1v) is 5.95. The number of aryl methyl sites for hydroxylation is 2. The minimum absolute atomic E-state index is 0.158. The van der Waals surface area contributed by atoms with Gasteiger partial charge in [0, 0.05) is 12.6 Å². The van der Waals surface area contributed by atoms with Gasteiger partial charge in [0.15, 0.2) is 5.89 Å². The van der Waals surface area contributed by atoms with Crippen LogP contribution < -0.4 is 5.32 Å². The first kappa shape index (κ1) is 13.8. The second kappa shape index (κ2) is 5.56. The van der Waals surface area contributed by atoms with Crippen LogP contribution in [0.3, 0.4) is 0 Å². The fraction of sp³-hybridized carbons (Fsp3) is 0.214. The fourth-order valence-corrected chi connectivity index (χ4v) is 1.77. The SMILES string of the molecule is COC(=O)c1cccc(NC(=O)c2oc(C)nc2C)c1. The molecule has 1 aromatic heterocycles. The van der Waals surface area contributed by atoms with E-state index in [0.717, 1.165) is 0 Å². The first-order chi connectivity index (χ1) is 9.51. The summed E-state index contributed by atoms with van der Waals surface area (Å²) in [6.45, 7) is 3.36. The Labute approximate surface area is 115 Å². The van der Waals surface area contributed by atoms with E-state index in [-0.39, 0.29) is 5.76 Å². The lowest BCUT2D eigenvalue weighted by Crippen LogP contribution is -2.13. The molecule has 2 rings (SSSR count). The summed E-state index contributed by atoms with van der Waals surface area (Å²) in [5.41, 5.74) is 1.35. The number of carbonyl (C=O) groups is 2. The summed E-state index contributed by atoms with van der Waals surface area (Å²) in [5.74, 6) is -0.292. The van der Waals surface area contributed by atoms with E-state index in [2.05, 4.69) is 15.0 Å². The molecule has 20 heavy (non-hydrogen) atoms. The Morgan fingerprint density at radius 2 is 2.05 bits per heavy atom. The van der Waals surface area contributed by atoms with Gasteiger partial charge in [0.1, 0.15) is 0 Å². The van der Waals surface area contributed by atoms with Crippen LogP contribution in [0.25, 0.3) is 0 Å². The number of hydrogen-bond acceptors (Lipinski definition) is 5. The molecule has 1 N–H and O–H groups in total. The summed E-state index contributed by atoms with van der Waals surface area (Å²) in [6, 6.07) is 6.46. The normalized spacial score (nSPS) is 10.2. The van der Waals surface area contributed by atoms with Crippen LogP contribution in [-0.2, 0) is 4.74 Å². The molecule has 0 saturated heterocycles. The molecule has 0 fully saturated rings. The highest BCUT2D eigenvalue weighted by Gasteiger charge is 2.16. The third kappa shape index (κ3) is 2.85. The molecule has 0 saturated carbocycles. The second-order valence-electron chi connectivity index (χ2n) is 4.17. The van der Waals surface area contributed by atoms with Crippen LogP contribution >= 0.6 is 0 Å². The summed E-state index contributed by atoms with van der Waals surface area (Å²) in [7, 11) is 1.30. The zero-order chi connectivity index (χ0) is 14.7. The van der Waals surface area contributed by atoms with Gasteiger partial charge in [-0.15, -0.1) is 0 Å². The van der Waals surface area contributed by atoms with Crippen molar-refractivity contribution in [1.82, 2.24) is 4.98 Å². The molecule has 1 aromatic carbocycles. The molecule has 0 aliphatic carbocycles. The lowest BCUT2D eigenvalue weighted by atomic mass is 10.2. The lowest BCUT2D eigenvalue weighted by Gasteiger charge is -2.05. The first-order valence-electron chi connectivity index (χ1n) is 5.95. The molecule has 104 valence electrons. The van der Waals surface area contributed by atoms with Crippen molar-refractivity contribution in [3.8, 4) is 0 Å². The average Bonchev–Trinajstić information content (AvgIpc) is 2.77. The maximum absolute atomic E-state index is 12.0. The molecule has 1 amide bonds. The highest BCUT2D eigenvalue weighted by Crippen LogP contribution is 2.15. The number of esters is 1. The third-order valence-electron chi connectivity index (χ3n) is 2.65. The van der Waals surface area contributed by atoms with Gasteiger partial charge in [-0.25, -0.2) is 9.78 Å². The predicted molar refractivity (Wildman–Crippen MR) is 71.7 cm³/mol. The van der Waals surface area contributed by atoms with Gasteiger partial charge in [-0.05, 0) is 25.1 Å². The summed E-state index contributed by atoms with van der Waals surface area (Å²) in [5, 5.41) is 2.65. The van der Waals surface area contributed by atoms with Crippen molar-refractivity contribution in [2.45, 2.75) is 13.8 Å². The minimum Gasteiger partial charge on any atom is -0.465 e. The van der Waals surface area contributed by atoms with Crippen molar-refractivity contribution >= 4 is 17.6 Å². The standard InChI is InChI=1S/C14H14N2O4/c1-8-12(20-9(2)15-8)13(17)16-11-6-4-5-10(7-11)14(18)19-3/h4-7H,1-3H3,(H,16,17). The second-order valence-corrected chi connectivity index (χ2v) is 4.17. The summed E-state index contributed by atoms with van der Waals surface area (Å²) in [4.78, 5) is 27.5. The molecule has 0 bridgehead atoms. The summed E-state index contributed by atoms with van der Waals surface area (Å²) >= 11 is 0. The van der Waals surface area contributed by atoms with Crippen molar-refractivity contribution in [2.75, 3.05) is 12.4 Å². The Morgan fingerprint density at radius 1 is 1.30 bits per heavy atom. The number of ether oxygens (including phenoxy) is 1. The van der Waals surface area contributed by atoms with E-state index in [1.807, 2.05) is 0 Å². The molecular weight excluding hydrogens is 260 g/mol. The maximum Gasteiger partial charge on any atom is 0.337 e. The van der Waals surface area contributed by atoms with Crippen molar-refractivity contribution < 1.29 is 18.7 Å². The van der Waals surface area contributed by atoms with Crippen LogP contribution in [0, 0.1) is 13.8 Å². The summed E-state index contributed by atoms with van der Waals surface area (Å²) in [6.07, 6.45) is 0. The number of hydrogen-bond donors (Lipinski definition) is 1. The number of methoxy groups -OCH3 is 1. The molecule has 1 heterocycles. The summed E-state index contributed by atoms with van der Waals surface area (Å²) < 4.78 is 9.86. The molecule has 6 nitrogen and oxygen atoms in total. The molecule has 0 unspecified atom stereocenters. The lowest BCUT2D eigenvalue weighted by molar-refractivity contribution is 0.0600. The number of amides is 1. The number of anilines is 1. The highest BCUT2D eigenvalue weighted by atomic mass is 16.5. The van der Waals surface area contributed by atoms with Crippen molar-refractivity contribution in [3.63, 3.8) is 0 Å². The van der Waals surface area contributed by atoms with E-state index in [4.69, 9.17) is 4.42 Å². The largest absolute Gasteiger partial charge is 0.465 e. The van der Waals surface area contributed by atoms with E-state index in [9.17, 15) is 9.59 Å². The smallest absolute Gasteiger partial charge is 0.337 e. The number of aromatic nitrogens is 1. The van der Waals surface area contributed by atoms with E-state index >= 15 is 0 Å². The van der Waals surface area contributed by atoms with Crippen LogP contribution in [0.2, 0.25) is 0 Å². The number of oxazole rings is 1. The number of nitrogens with one attached hydrogen (secondary N) is 1. The maximum atomic E-state index is 12.0. The van der Waals surface area contributed by atoms with Gasteiger partial charge in [0.2, 0.25) is 5.76 Å². The Balaban J connectivity index is 2.20. The monoisotopic (exact) mass is 274 g/mol. The topological polar surface area (TPSA) is 81.4 Å². The van der Waals surface area contributed by atoms with Gasteiger partial charge in [0.25, 0.3) is 5.91 Å². The van der Waals surface area contributed by atoms with Gasteiger partial charge in [-0.3, -0.25) is 4.79 Å². The Hall–Kier alpha value is -2.63. The molecule has 0 radical (unpaired) electrons. The number of nitrogens with zero attached hydrogens (tertiary/aromatic N) is 1. The molecular formula is C14H14N2O4. The van der Waals surface area contributed by atoms with Crippen molar-refractivity contribution in [1.29, 1.82) is 0 Å². The van der Waals surface area contributed by atoms with Gasteiger partial charge in [-0.1, -0.05) is 6.07 Å². The van der Waals surface area contributed by atoms with Crippen molar-refractivity contribution in [2.24, 2.45) is 0 Å². The molecule has 0 atom stereocenters. The Bertz CT molecular complexity index is 661. The van der Waals surface area contributed by atoms with Crippen LogP contribution in [0.4, 0.5) is 5.69 Å². The van der Waals surface area contributed by atoms with Crippen molar-refractivity contribution in [3.05, 3.63) is 47.2 Å². The van der Waals surface area contributed by atoms with Crippen LogP contribution in [0.1, 0.15) is 32.5 Å². The molecule has 0 spiro atoms. The number of rotatable bonds is 3. The van der Waals surface area contributed by atoms with Gasteiger partial charge < -0.3 is 14.5 Å². The number of benzene rings is 1. The zero-order valence-corrected chi connectivity index (χ0v) is 11.4. The predicted octanol–water partition coefficient (Wildman–Crippen LogP) is 2.33. The van der Waals surface area contributed by atoms with Gasteiger partial charge >= 0.3 is 5.97 Å². The van der Waals surface area contributed by atoms with E-state index in [1.165, 1.54) is 13.2 Å². The molecule has 2 aromatic rings. The minimum atomic E-state index is -0.465. The molecule has 0 aliphatic heterocycles. The van der Waals surface area contributed by atoms with E-state index in [0.29, 0.717) is 22.8 Å². The quantitative estimate of drug-likeness (QED) is 0.869. The highest BCUT2D eigenvalue weighted by molar-refractivity contribution is 6.03. The third-order valence-corrected chi connectivity index (χ3v) is 2.65. The zero-order valence-electron chi connectivity index (χ0n) is 11.4. The van der Waals surface area contributed by atoms with Gasteiger partial charge in [-0.2, -0.15) is 0 Å². The number of carbonyl (C=O) groups excluding carboxylic acids is 2. The van der Waals surface area contributed by atoms with E-state index in [1.54, 1.807) is 32.0 Å². The van der Waals surface area contributed by atoms with Crippen LogP contribution in [-0.4, -0.2) is 24.0 Å². The Kier molecular flexibility index (Phi) is 3.84. The Morgan fingerprint density at radius 3 is 2.65 bits per heavy atom.